The van der Waals surface area contributed by atoms with E-state index in [0.29, 0.717) is 5.75 Å². The van der Waals surface area contributed by atoms with Gasteiger partial charge in [0.2, 0.25) is 0 Å². The van der Waals surface area contributed by atoms with E-state index in [-0.39, 0.29) is 0 Å². The molecule has 0 atom stereocenters. The number of hydrogen-bond donors (Lipinski definition) is 2. The second-order valence-corrected chi connectivity index (χ2v) is 4.37. The zero-order valence-electron chi connectivity index (χ0n) is 10.3. The van der Waals surface area contributed by atoms with Gasteiger partial charge in [0.1, 0.15) is 5.75 Å². The van der Waals surface area contributed by atoms with Gasteiger partial charge >= 0.3 is 0 Å². The molecule has 0 radical (unpaired) electrons. The molecule has 0 fully saturated rings. The van der Waals surface area contributed by atoms with Gasteiger partial charge in [0, 0.05) is 13.1 Å². The van der Waals surface area contributed by atoms with Crippen LogP contribution in [0, 0.1) is 0 Å². The number of hydrogen-bond acceptors (Lipinski definition) is 3. The Morgan fingerprint density at radius 2 is 1.56 bits per heavy atom. The maximum atomic E-state index is 9.19. The van der Waals surface area contributed by atoms with E-state index < -0.39 is 0 Å². The second-order valence-electron chi connectivity index (χ2n) is 4.37. The Hall–Kier alpha value is -1.84. The van der Waals surface area contributed by atoms with Crippen LogP contribution in [0.3, 0.4) is 0 Å². The maximum Gasteiger partial charge on any atom is 0.115 e. The summed E-state index contributed by atoms with van der Waals surface area (Å²) in [5, 5.41) is 11.0. The summed E-state index contributed by atoms with van der Waals surface area (Å²) in [5.41, 5.74) is 2.39. The third-order valence-corrected chi connectivity index (χ3v) is 2.85. The maximum absolute atomic E-state index is 9.19. The Labute approximate surface area is 107 Å². The molecule has 0 bridgehead atoms. The summed E-state index contributed by atoms with van der Waals surface area (Å²) in [5.74, 6) is 6.27. The Morgan fingerprint density at radius 1 is 0.889 bits per heavy atom. The topological polar surface area (TPSA) is 49.5 Å². The third kappa shape index (κ3) is 3.87. The molecule has 0 spiro atoms. The van der Waals surface area contributed by atoms with Gasteiger partial charge in [0.25, 0.3) is 0 Å². The minimum atomic E-state index is 0.299. The standard InChI is InChI=1S/C15H18N2O/c16-17(12-14-4-2-1-3-5-14)11-10-13-6-8-15(18)9-7-13/h1-9,18H,10-12,16H2. The lowest BCUT2D eigenvalue weighted by molar-refractivity contribution is 0.278. The number of phenols is 1. The van der Waals surface area contributed by atoms with Gasteiger partial charge in [0.05, 0.1) is 0 Å². The molecule has 0 aliphatic rings. The van der Waals surface area contributed by atoms with Gasteiger partial charge in [0.15, 0.2) is 0 Å². The number of aromatic hydroxyl groups is 1. The number of nitrogens with two attached hydrogens (primary N) is 1. The molecular formula is C15H18N2O. The first kappa shape index (κ1) is 12.6. The van der Waals surface area contributed by atoms with Gasteiger partial charge in [-0.2, -0.15) is 0 Å². The summed E-state index contributed by atoms with van der Waals surface area (Å²) in [6, 6.07) is 17.4. The van der Waals surface area contributed by atoms with E-state index in [2.05, 4.69) is 12.1 Å². The van der Waals surface area contributed by atoms with E-state index in [9.17, 15) is 5.11 Å². The van der Waals surface area contributed by atoms with Gasteiger partial charge in [-0.05, 0) is 29.7 Å². The van der Waals surface area contributed by atoms with Gasteiger partial charge in [-0.25, -0.2) is 5.01 Å². The van der Waals surface area contributed by atoms with Gasteiger partial charge < -0.3 is 5.11 Å². The van der Waals surface area contributed by atoms with E-state index in [0.717, 1.165) is 19.5 Å². The minimum absolute atomic E-state index is 0.299. The van der Waals surface area contributed by atoms with Crippen LogP contribution in [0.15, 0.2) is 54.6 Å². The number of hydrazine groups is 1. The molecule has 3 N–H and O–H groups in total. The van der Waals surface area contributed by atoms with Crippen molar-refractivity contribution in [1.29, 1.82) is 0 Å². The van der Waals surface area contributed by atoms with Crippen molar-refractivity contribution in [2.24, 2.45) is 5.84 Å². The Kier molecular flexibility index (Phi) is 4.34. The van der Waals surface area contributed by atoms with Gasteiger partial charge in [-0.3, -0.25) is 5.84 Å². The summed E-state index contributed by atoms with van der Waals surface area (Å²) in [6.07, 6.45) is 0.879. The molecule has 0 aromatic heterocycles. The Balaban J connectivity index is 1.81. The summed E-state index contributed by atoms with van der Waals surface area (Å²) in [7, 11) is 0. The fourth-order valence-electron chi connectivity index (χ4n) is 1.83. The number of phenolic OH excluding ortho intramolecular Hbond substituents is 1. The predicted molar refractivity (Wildman–Crippen MR) is 72.9 cm³/mol. The third-order valence-electron chi connectivity index (χ3n) is 2.85. The minimum Gasteiger partial charge on any atom is -0.508 e. The van der Waals surface area contributed by atoms with Crippen LogP contribution in [0.2, 0.25) is 0 Å². The summed E-state index contributed by atoms with van der Waals surface area (Å²) < 4.78 is 0. The number of benzene rings is 2. The van der Waals surface area contributed by atoms with Crippen molar-refractivity contribution in [3.8, 4) is 5.75 Å². The van der Waals surface area contributed by atoms with Crippen LogP contribution in [-0.2, 0) is 13.0 Å². The van der Waals surface area contributed by atoms with E-state index in [4.69, 9.17) is 5.84 Å². The average Bonchev–Trinajstić information content (AvgIpc) is 2.39. The van der Waals surface area contributed by atoms with Crippen molar-refractivity contribution < 1.29 is 5.11 Å². The SMILES string of the molecule is NN(CCc1ccc(O)cc1)Cc1ccccc1. The normalized spacial score (nSPS) is 10.8. The molecule has 94 valence electrons. The Bertz CT molecular complexity index is 468. The lowest BCUT2D eigenvalue weighted by Crippen LogP contribution is -2.32. The monoisotopic (exact) mass is 242 g/mol. The first-order valence-corrected chi connectivity index (χ1v) is 6.05. The average molecular weight is 242 g/mol. The highest BCUT2D eigenvalue weighted by Gasteiger charge is 2.01. The van der Waals surface area contributed by atoms with Crippen LogP contribution in [0.5, 0.6) is 5.75 Å². The molecule has 0 amide bonds. The van der Waals surface area contributed by atoms with Crippen LogP contribution >= 0.6 is 0 Å². The quantitative estimate of drug-likeness (QED) is 0.625. The highest BCUT2D eigenvalue weighted by molar-refractivity contribution is 5.26. The molecule has 0 aliphatic carbocycles. The molecule has 18 heavy (non-hydrogen) atoms. The molecule has 0 aliphatic heterocycles. The van der Waals surface area contributed by atoms with Crippen LogP contribution in [-0.4, -0.2) is 16.7 Å². The first-order valence-electron chi connectivity index (χ1n) is 6.05. The lowest BCUT2D eigenvalue weighted by Gasteiger charge is -2.16. The zero-order valence-corrected chi connectivity index (χ0v) is 10.3. The summed E-state index contributed by atoms with van der Waals surface area (Å²) >= 11 is 0. The van der Waals surface area contributed by atoms with Crippen LogP contribution in [0.25, 0.3) is 0 Å². The van der Waals surface area contributed by atoms with E-state index in [1.807, 2.05) is 35.3 Å². The van der Waals surface area contributed by atoms with E-state index in [1.165, 1.54) is 11.1 Å². The number of rotatable bonds is 5. The fourth-order valence-corrected chi connectivity index (χ4v) is 1.83. The summed E-state index contributed by atoms with van der Waals surface area (Å²) in [4.78, 5) is 0. The van der Waals surface area contributed by atoms with Crippen molar-refractivity contribution in [1.82, 2.24) is 5.01 Å². The first-order chi connectivity index (χ1) is 8.74. The van der Waals surface area contributed by atoms with Crippen LogP contribution in [0.4, 0.5) is 0 Å². The van der Waals surface area contributed by atoms with Crippen molar-refractivity contribution in [2.45, 2.75) is 13.0 Å². The second kappa shape index (κ2) is 6.19. The molecule has 0 saturated heterocycles. The lowest BCUT2D eigenvalue weighted by atomic mass is 10.1. The molecule has 0 saturated carbocycles. The smallest absolute Gasteiger partial charge is 0.115 e. The summed E-state index contributed by atoms with van der Waals surface area (Å²) in [6.45, 7) is 1.54. The van der Waals surface area contributed by atoms with E-state index >= 15 is 0 Å². The zero-order chi connectivity index (χ0) is 12.8. The Morgan fingerprint density at radius 3 is 2.22 bits per heavy atom. The molecule has 2 aromatic carbocycles. The van der Waals surface area contributed by atoms with Crippen molar-refractivity contribution in [2.75, 3.05) is 6.54 Å². The van der Waals surface area contributed by atoms with Crippen LogP contribution in [0.1, 0.15) is 11.1 Å². The van der Waals surface area contributed by atoms with Crippen LogP contribution < -0.4 is 5.84 Å². The molecular weight excluding hydrogens is 224 g/mol. The highest BCUT2D eigenvalue weighted by Crippen LogP contribution is 2.10. The van der Waals surface area contributed by atoms with Crippen molar-refractivity contribution in [3.05, 3.63) is 65.7 Å². The molecule has 3 nitrogen and oxygen atoms in total. The van der Waals surface area contributed by atoms with Gasteiger partial charge in [-0.1, -0.05) is 42.5 Å². The van der Waals surface area contributed by atoms with Gasteiger partial charge in [-0.15, -0.1) is 0 Å². The highest BCUT2D eigenvalue weighted by atomic mass is 16.3. The molecule has 2 rings (SSSR count). The van der Waals surface area contributed by atoms with Crippen molar-refractivity contribution in [3.63, 3.8) is 0 Å². The molecule has 2 aromatic rings. The predicted octanol–water partition coefficient (Wildman–Crippen LogP) is 2.31. The fraction of sp³-hybridized carbons (Fsp3) is 0.200. The van der Waals surface area contributed by atoms with E-state index in [1.54, 1.807) is 12.1 Å². The number of nitrogens with zero attached hydrogens (tertiary/aromatic N) is 1. The van der Waals surface area contributed by atoms with Crippen molar-refractivity contribution >= 4 is 0 Å². The molecule has 0 unspecified atom stereocenters. The molecule has 0 heterocycles. The largest absolute Gasteiger partial charge is 0.508 e. The molecule has 3 heteroatoms.